The van der Waals surface area contributed by atoms with Gasteiger partial charge in [-0.2, -0.15) is 0 Å². The largest absolute Gasteiger partial charge is 0.315 e. The van der Waals surface area contributed by atoms with Crippen LogP contribution in [0.5, 0.6) is 0 Å². The fraction of sp³-hybridized carbons (Fsp3) is 0.412. The number of aryl methyl sites for hydroxylation is 1. The van der Waals surface area contributed by atoms with Gasteiger partial charge in [0.15, 0.2) is 0 Å². The molecule has 1 saturated carbocycles. The lowest BCUT2D eigenvalue weighted by Gasteiger charge is -2.10. The van der Waals surface area contributed by atoms with Crippen LogP contribution in [0.4, 0.5) is 5.69 Å². The number of hydrogen-bond donors (Lipinski definition) is 0. The summed E-state index contributed by atoms with van der Waals surface area (Å²) in [6.07, 6.45) is 4.37. The monoisotopic (exact) mass is 298 g/mol. The molecule has 108 valence electrons. The highest BCUT2D eigenvalue weighted by atomic mass is 32.1. The molecular formula is C17H18N2OS. The molecule has 3 nitrogen and oxygen atoms in total. The summed E-state index contributed by atoms with van der Waals surface area (Å²) >= 11 is 1.82. The van der Waals surface area contributed by atoms with Crippen LogP contribution in [0, 0.1) is 12.8 Å². The highest BCUT2D eigenvalue weighted by Crippen LogP contribution is 2.37. The van der Waals surface area contributed by atoms with E-state index in [-0.39, 0.29) is 5.91 Å². The van der Waals surface area contributed by atoms with E-state index in [0.717, 1.165) is 34.8 Å². The molecule has 1 amide bonds. The van der Waals surface area contributed by atoms with Gasteiger partial charge in [0.25, 0.3) is 0 Å². The maximum Gasteiger partial charge on any atom is 0.231 e. The van der Waals surface area contributed by atoms with E-state index in [1.54, 1.807) is 4.90 Å². The molecule has 0 saturated heterocycles. The van der Waals surface area contributed by atoms with Crippen molar-refractivity contribution in [2.75, 3.05) is 11.9 Å². The van der Waals surface area contributed by atoms with Crippen LogP contribution in [0.15, 0.2) is 18.2 Å². The number of amides is 1. The van der Waals surface area contributed by atoms with Crippen LogP contribution in [-0.4, -0.2) is 17.9 Å². The second kappa shape index (κ2) is 4.67. The Hall–Kier alpha value is -1.68. The van der Waals surface area contributed by atoms with Crippen LogP contribution in [0.2, 0.25) is 0 Å². The Balaban J connectivity index is 1.69. The first-order valence-electron chi connectivity index (χ1n) is 7.48. The lowest BCUT2D eigenvalue weighted by Crippen LogP contribution is -2.20. The summed E-state index contributed by atoms with van der Waals surface area (Å²) in [5.74, 6) is 1.04. The number of aromatic nitrogens is 1. The molecule has 4 rings (SSSR count). The van der Waals surface area contributed by atoms with Crippen LogP contribution < -0.4 is 4.90 Å². The fourth-order valence-electron chi connectivity index (χ4n) is 2.99. The zero-order valence-corrected chi connectivity index (χ0v) is 13.2. The second-order valence-corrected chi connectivity index (χ2v) is 7.42. The Morgan fingerprint density at radius 3 is 2.95 bits per heavy atom. The summed E-state index contributed by atoms with van der Waals surface area (Å²) in [6.45, 7) is 2.15. The molecule has 1 aromatic heterocycles. The third kappa shape index (κ3) is 2.27. The van der Waals surface area contributed by atoms with Crippen molar-refractivity contribution < 1.29 is 4.79 Å². The van der Waals surface area contributed by atoms with E-state index in [9.17, 15) is 4.79 Å². The SMILES string of the molecule is Cc1sc(CC2CC2)nc1-c1ccc2c(c1)CC(=O)N2C. The molecule has 2 heterocycles. The quantitative estimate of drug-likeness (QED) is 0.867. The fourth-order valence-corrected chi connectivity index (χ4v) is 4.06. The van der Waals surface area contributed by atoms with Crippen molar-refractivity contribution in [3.63, 3.8) is 0 Å². The molecule has 0 unspecified atom stereocenters. The van der Waals surface area contributed by atoms with Gasteiger partial charge in [-0.3, -0.25) is 4.79 Å². The Labute approximate surface area is 128 Å². The van der Waals surface area contributed by atoms with Crippen molar-refractivity contribution in [3.8, 4) is 11.3 Å². The van der Waals surface area contributed by atoms with Gasteiger partial charge in [-0.1, -0.05) is 6.07 Å². The highest BCUT2D eigenvalue weighted by Gasteiger charge is 2.26. The normalized spacial score (nSPS) is 17.4. The van der Waals surface area contributed by atoms with Crippen molar-refractivity contribution in [2.45, 2.75) is 32.6 Å². The molecule has 1 aliphatic heterocycles. The third-order valence-corrected chi connectivity index (χ3v) is 5.42. The Kier molecular flexibility index (Phi) is 2.89. The van der Waals surface area contributed by atoms with Crippen molar-refractivity contribution in [3.05, 3.63) is 33.6 Å². The molecule has 0 bridgehead atoms. The number of carbonyl (C=O) groups is 1. The van der Waals surface area contributed by atoms with Crippen LogP contribution in [0.3, 0.4) is 0 Å². The van der Waals surface area contributed by atoms with Crippen LogP contribution >= 0.6 is 11.3 Å². The average molecular weight is 298 g/mol. The van der Waals surface area contributed by atoms with E-state index in [0.29, 0.717) is 6.42 Å². The van der Waals surface area contributed by atoms with Gasteiger partial charge < -0.3 is 4.90 Å². The van der Waals surface area contributed by atoms with Crippen molar-refractivity contribution in [1.29, 1.82) is 0 Å². The molecule has 4 heteroatoms. The number of nitrogens with zero attached hydrogens (tertiary/aromatic N) is 2. The zero-order chi connectivity index (χ0) is 14.6. The van der Waals surface area contributed by atoms with Gasteiger partial charge in [-0.05, 0) is 43.4 Å². The van der Waals surface area contributed by atoms with Gasteiger partial charge in [0.1, 0.15) is 0 Å². The predicted molar refractivity (Wildman–Crippen MR) is 85.8 cm³/mol. The summed E-state index contributed by atoms with van der Waals surface area (Å²) in [4.78, 5) is 19.7. The first kappa shape index (κ1) is 13.0. The number of fused-ring (bicyclic) bond motifs is 1. The first-order chi connectivity index (χ1) is 10.1. The van der Waals surface area contributed by atoms with E-state index in [1.807, 2.05) is 18.4 Å². The van der Waals surface area contributed by atoms with Gasteiger partial charge >= 0.3 is 0 Å². The van der Waals surface area contributed by atoms with Crippen molar-refractivity contribution in [1.82, 2.24) is 4.98 Å². The van der Waals surface area contributed by atoms with Gasteiger partial charge in [0.2, 0.25) is 5.91 Å². The Morgan fingerprint density at radius 2 is 2.19 bits per heavy atom. The number of carbonyl (C=O) groups excluding carboxylic acids is 1. The number of likely N-dealkylation sites (N-methyl/N-ethyl adjacent to an activating group) is 1. The third-order valence-electron chi connectivity index (χ3n) is 4.43. The summed E-state index contributed by atoms with van der Waals surface area (Å²) in [5.41, 5.74) is 4.40. The zero-order valence-electron chi connectivity index (χ0n) is 12.3. The minimum absolute atomic E-state index is 0.173. The van der Waals surface area contributed by atoms with Crippen LogP contribution in [-0.2, 0) is 17.6 Å². The molecular weight excluding hydrogens is 280 g/mol. The Morgan fingerprint density at radius 1 is 1.38 bits per heavy atom. The standard InChI is InChI=1S/C17H18N2OS/c1-10-17(18-15(21-10)7-11-3-4-11)12-5-6-14-13(8-12)9-16(20)19(14)2/h5-6,8,11H,3-4,7,9H2,1-2H3. The van der Waals surface area contributed by atoms with E-state index < -0.39 is 0 Å². The molecule has 2 aromatic rings. The minimum Gasteiger partial charge on any atom is -0.315 e. The molecule has 1 aromatic carbocycles. The summed E-state index contributed by atoms with van der Waals surface area (Å²) in [6, 6.07) is 6.28. The molecule has 0 atom stereocenters. The van der Waals surface area contributed by atoms with Crippen LogP contribution in [0.1, 0.15) is 28.3 Å². The van der Waals surface area contributed by atoms with Gasteiger partial charge in [0, 0.05) is 29.6 Å². The summed E-state index contributed by atoms with van der Waals surface area (Å²) in [5, 5.41) is 1.26. The smallest absolute Gasteiger partial charge is 0.231 e. The van der Waals surface area contributed by atoms with Crippen molar-refractivity contribution >= 4 is 22.9 Å². The topological polar surface area (TPSA) is 33.2 Å². The van der Waals surface area contributed by atoms with E-state index in [4.69, 9.17) is 4.98 Å². The number of benzene rings is 1. The molecule has 21 heavy (non-hydrogen) atoms. The second-order valence-electron chi connectivity index (χ2n) is 6.13. The maximum atomic E-state index is 11.8. The lowest BCUT2D eigenvalue weighted by atomic mass is 10.1. The van der Waals surface area contributed by atoms with Gasteiger partial charge in [-0.15, -0.1) is 11.3 Å². The molecule has 0 radical (unpaired) electrons. The first-order valence-corrected chi connectivity index (χ1v) is 8.29. The molecule has 2 aliphatic rings. The van der Waals surface area contributed by atoms with Gasteiger partial charge in [0.05, 0.1) is 17.1 Å². The molecule has 1 aliphatic carbocycles. The average Bonchev–Trinajstić information content (AvgIpc) is 3.13. The maximum absolute atomic E-state index is 11.8. The summed E-state index contributed by atoms with van der Waals surface area (Å²) in [7, 11) is 1.84. The summed E-state index contributed by atoms with van der Waals surface area (Å²) < 4.78 is 0. The van der Waals surface area contributed by atoms with E-state index >= 15 is 0 Å². The highest BCUT2D eigenvalue weighted by molar-refractivity contribution is 7.12. The molecule has 0 spiro atoms. The van der Waals surface area contributed by atoms with Gasteiger partial charge in [-0.25, -0.2) is 4.98 Å². The number of rotatable bonds is 3. The predicted octanol–water partition coefficient (Wildman–Crippen LogP) is 3.59. The lowest BCUT2D eigenvalue weighted by molar-refractivity contribution is -0.117. The molecule has 1 fully saturated rings. The number of hydrogen-bond acceptors (Lipinski definition) is 3. The van der Waals surface area contributed by atoms with E-state index in [1.165, 1.54) is 22.7 Å². The van der Waals surface area contributed by atoms with E-state index in [2.05, 4.69) is 25.1 Å². The number of thiazole rings is 1. The van der Waals surface area contributed by atoms with Crippen molar-refractivity contribution in [2.24, 2.45) is 5.92 Å². The Bertz CT molecular complexity index is 730. The molecule has 0 N–H and O–H groups in total. The minimum atomic E-state index is 0.173. The van der Waals surface area contributed by atoms with Crippen LogP contribution in [0.25, 0.3) is 11.3 Å². The number of anilines is 1.